The van der Waals surface area contributed by atoms with Crippen molar-refractivity contribution in [2.45, 2.75) is 11.4 Å². The summed E-state index contributed by atoms with van der Waals surface area (Å²) in [4.78, 5) is 13.4. The molecule has 1 aliphatic rings. The lowest BCUT2D eigenvalue weighted by Gasteiger charge is -2.26. The van der Waals surface area contributed by atoms with Crippen LogP contribution in [-0.4, -0.2) is 44.9 Å². The Hall–Kier alpha value is -1.74. The zero-order valence-corrected chi connectivity index (χ0v) is 14.6. The van der Waals surface area contributed by atoms with Crippen LogP contribution >= 0.6 is 11.3 Å². The van der Waals surface area contributed by atoms with Crippen molar-refractivity contribution < 1.29 is 17.9 Å². The van der Waals surface area contributed by atoms with E-state index in [0.29, 0.717) is 38.4 Å². The molecule has 128 valence electrons. The van der Waals surface area contributed by atoms with Gasteiger partial charge < -0.3 is 10.1 Å². The van der Waals surface area contributed by atoms with Crippen molar-refractivity contribution >= 4 is 27.3 Å². The molecule has 1 aliphatic heterocycles. The first-order valence-electron chi connectivity index (χ1n) is 7.56. The van der Waals surface area contributed by atoms with Gasteiger partial charge in [0.1, 0.15) is 0 Å². The molecule has 1 amide bonds. The predicted octanol–water partition coefficient (Wildman–Crippen LogP) is 1.70. The van der Waals surface area contributed by atoms with Gasteiger partial charge in [-0.05, 0) is 29.6 Å². The van der Waals surface area contributed by atoms with Crippen LogP contribution in [0.3, 0.4) is 0 Å². The number of rotatable bonds is 5. The molecule has 2 aromatic rings. The molecule has 24 heavy (non-hydrogen) atoms. The third-order valence-corrected chi connectivity index (χ3v) is 6.48. The van der Waals surface area contributed by atoms with E-state index in [2.05, 4.69) is 5.32 Å². The molecule has 2 heterocycles. The molecule has 0 radical (unpaired) electrons. The molecule has 0 atom stereocenters. The third-order valence-electron chi connectivity index (χ3n) is 3.71. The summed E-state index contributed by atoms with van der Waals surface area (Å²) < 4.78 is 31.9. The molecule has 3 rings (SSSR count). The van der Waals surface area contributed by atoms with Gasteiger partial charge >= 0.3 is 0 Å². The molecular formula is C16H18N2O4S2. The van der Waals surface area contributed by atoms with Crippen molar-refractivity contribution in [2.24, 2.45) is 0 Å². The molecule has 0 bridgehead atoms. The Labute approximate surface area is 145 Å². The van der Waals surface area contributed by atoms with Crippen LogP contribution in [0.4, 0.5) is 0 Å². The van der Waals surface area contributed by atoms with Crippen molar-refractivity contribution in [2.75, 3.05) is 26.3 Å². The number of carbonyl (C=O) groups is 1. The number of amides is 1. The highest BCUT2D eigenvalue weighted by Gasteiger charge is 2.26. The van der Waals surface area contributed by atoms with Gasteiger partial charge in [0.25, 0.3) is 5.91 Å². The van der Waals surface area contributed by atoms with Gasteiger partial charge in [0.2, 0.25) is 10.0 Å². The second-order valence-electron chi connectivity index (χ2n) is 5.31. The second kappa shape index (κ2) is 7.43. The molecule has 1 aromatic heterocycles. The number of benzene rings is 1. The minimum absolute atomic E-state index is 0.133. The van der Waals surface area contributed by atoms with Crippen molar-refractivity contribution in [3.63, 3.8) is 0 Å². The quantitative estimate of drug-likeness (QED) is 0.874. The van der Waals surface area contributed by atoms with Gasteiger partial charge in [0.15, 0.2) is 0 Å². The first-order chi connectivity index (χ1) is 11.6. The largest absolute Gasteiger partial charge is 0.379 e. The Kier molecular flexibility index (Phi) is 5.30. The number of nitrogens with one attached hydrogen (secondary N) is 1. The van der Waals surface area contributed by atoms with E-state index in [9.17, 15) is 13.2 Å². The second-order valence-corrected chi connectivity index (χ2v) is 8.28. The fourth-order valence-electron chi connectivity index (χ4n) is 2.42. The van der Waals surface area contributed by atoms with E-state index in [1.807, 2.05) is 17.5 Å². The first kappa shape index (κ1) is 17.1. The summed E-state index contributed by atoms with van der Waals surface area (Å²) in [5, 5.41) is 4.74. The molecule has 1 saturated heterocycles. The fraction of sp³-hybridized carbons (Fsp3) is 0.312. The Morgan fingerprint density at radius 3 is 2.71 bits per heavy atom. The zero-order chi connectivity index (χ0) is 17.0. The minimum Gasteiger partial charge on any atom is -0.379 e. The van der Waals surface area contributed by atoms with Crippen LogP contribution in [0.1, 0.15) is 15.2 Å². The standard InChI is InChI=1S/C16H18N2O4S2/c19-16(17-12-14-4-2-10-23-14)13-3-1-5-15(11-13)24(20,21)18-6-8-22-9-7-18/h1-5,10-11H,6-9,12H2,(H,17,19). The summed E-state index contributed by atoms with van der Waals surface area (Å²) in [5.74, 6) is -0.289. The highest BCUT2D eigenvalue weighted by molar-refractivity contribution is 7.89. The fourth-order valence-corrected chi connectivity index (χ4v) is 4.52. The van der Waals surface area contributed by atoms with Gasteiger partial charge in [-0.1, -0.05) is 12.1 Å². The monoisotopic (exact) mass is 366 g/mol. The lowest BCUT2D eigenvalue weighted by atomic mass is 10.2. The summed E-state index contributed by atoms with van der Waals surface area (Å²) in [6.45, 7) is 1.87. The third kappa shape index (κ3) is 3.84. The average molecular weight is 366 g/mol. The molecule has 6 nitrogen and oxygen atoms in total. The Morgan fingerprint density at radius 1 is 1.21 bits per heavy atom. The van der Waals surface area contributed by atoms with E-state index in [0.717, 1.165) is 4.88 Å². The number of thiophene rings is 1. The van der Waals surface area contributed by atoms with E-state index >= 15 is 0 Å². The molecule has 0 unspecified atom stereocenters. The van der Waals surface area contributed by atoms with Crippen LogP contribution < -0.4 is 5.32 Å². The van der Waals surface area contributed by atoms with Crippen molar-refractivity contribution in [1.29, 1.82) is 0 Å². The van der Waals surface area contributed by atoms with Crippen molar-refractivity contribution in [3.8, 4) is 0 Å². The zero-order valence-electron chi connectivity index (χ0n) is 13.0. The van der Waals surface area contributed by atoms with Gasteiger partial charge in [0.05, 0.1) is 24.7 Å². The number of sulfonamides is 1. The van der Waals surface area contributed by atoms with Crippen LogP contribution in [0.2, 0.25) is 0 Å². The van der Waals surface area contributed by atoms with E-state index in [4.69, 9.17) is 4.74 Å². The number of hydrogen-bond acceptors (Lipinski definition) is 5. The predicted molar refractivity (Wildman–Crippen MR) is 91.5 cm³/mol. The number of nitrogens with zero attached hydrogens (tertiary/aromatic N) is 1. The SMILES string of the molecule is O=C(NCc1cccs1)c1cccc(S(=O)(=O)N2CCOCC2)c1. The van der Waals surface area contributed by atoms with Gasteiger partial charge in [-0.3, -0.25) is 4.79 Å². The number of ether oxygens (including phenoxy) is 1. The van der Waals surface area contributed by atoms with Crippen LogP contribution in [0, 0.1) is 0 Å². The summed E-state index contributed by atoms with van der Waals surface area (Å²) in [6, 6.07) is 10.00. The van der Waals surface area contributed by atoms with Crippen molar-refractivity contribution in [3.05, 3.63) is 52.2 Å². The van der Waals surface area contributed by atoms with Crippen LogP contribution in [0.5, 0.6) is 0 Å². The molecule has 1 N–H and O–H groups in total. The summed E-state index contributed by atoms with van der Waals surface area (Å²) in [6.07, 6.45) is 0. The Morgan fingerprint density at radius 2 is 2.00 bits per heavy atom. The van der Waals surface area contributed by atoms with Crippen LogP contribution in [-0.2, 0) is 21.3 Å². The van der Waals surface area contributed by atoms with E-state index in [-0.39, 0.29) is 10.8 Å². The Bertz CT molecular complexity index is 797. The lowest BCUT2D eigenvalue weighted by molar-refractivity contribution is 0.0730. The first-order valence-corrected chi connectivity index (χ1v) is 9.88. The Balaban J connectivity index is 1.74. The van der Waals surface area contributed by atoms with Crippen LogP contribution in [0.15, 0.2) is 46.7 Å². The molecule has 0 spiro atoms. The lowest BCUT2D eigenvalue weighted by Crippen LogP contribution is -2.40. The minimum atomic E-state index is -3.60. The van der Waals surface area contributed by atoms with Gasteiger partial charge in [-0.2, -0.15) is 4.31 Å². The molecule has 8 heteroatoms. The van der Waals surface area contributed by atoms with Crippen molar-refractivity contribution in [1.82, 2.24) is 9.62 Å². The van der Waals surface area contributed by atoms with E-state index in [1.54, 1.807) is 23.5 Å². The molecule has 1 fully saturated rings. The number of morpholine rings is 1. The van der Waals surface area contributed by atoms with Gasteiger partial charge in [0, 0.05) is 23.5 Å². The number of carbonyl (C=O) groups excluding carboxylic acids is 1. The maximum absolute atomic E-state index is 12.6. The summed E-state index contributed by atoms with van der Waals surface area (Å²) in [5.41, 5.74) is 0.334. The highest BCUT2D eigenvalue weighted by atomic mass is 32.2. The van der Waals surface area contributed by atoms with E-state index < -0.39 is 10.0 Å². The molecule has 0 saturated carbocycles. The molecular weight excluding hydrogens is 348 g/mol. The average Bonchev–Trinajstić information content (AvgIpc) is 3.14. The van der Waals surface area contributed by atoms with Gasteiger partial charge in [-0.15, -0.1) is 11.3 Å². The van der Waals surface area contributed by atoms with Gasteiger partial charge in [-0.25, -0.2) is 8.42 Å². The summed E-state index contributed by atoms with van der Waals surface area (Å²) in [7, 11) is -3.60. The van der Waals surface area contributed by atoms with E-state index in [1.165, 1.54) is 16.4 Å². The summed E-state index contributed by atoms with van der Waals surface area (Å²) >= 11 is 1.56. The molecule has 1 aromatic carbocycles. The van der Waals surface area contributed by atoms with Crippen LogP contribution in [0.25, 0.3) is 0 Å². The maximum Gasteiger partial charge on any atom is 0.251 e. The smallest absolute Gasteiger partial charge is 0.251 e. The highest BCUT2D eigenvalue weighted by Crippen LogP contribution is 2.18. The normalized spacial score (nSPS) is 16.0. The maximum atomic E-state index is 12.6. The molecule has 0 aliphatic carbocycles. The number of hydrogen-bond donors (Lipinski definition) is 1. The topological polar surface area (TPSA) is 75.7 Å².